The summed E-state index contributed by atoms with van der Waals surface area (Å²) in [5.74, 6) is 3.10. The van der Waals surface area contributed by atoms with Gasteiger partial charge in [0.25, 0.3) is 0 Å². The Labute approximate surface area is 125 Å². The molecule has 2 bridgehead atoms. The van der Waals surface area contributed by atoms with Crippen LogP contribution in [-0.2, 0) is 6.42 Å². The van der Waals surface area contributed by atoms with Crippen LogP contribution in [0.4, 0.5) is 5.88 Å². The first-order chi connectivity index (χ1) is 10.2. The number of fused-ring (bicyclic) bond motifs is 2. The minimum Gasteiger partial charge on any atom is -0.367 e. The van der Waals surface area contributed by atoms with Crippen molar-refractivity contribution in [2.45, 2.75) is 39.0 Å². The third-order valence-corrected chi connectivity index (χ3v) is 5.54. The third kappa shape index (κ3) is 2.15. The predicted octanol–water partition coefficient (Wildman–Crippen LogP) is 4.21. The first-order valence-electron chi connectivity index (χ1n) is 8.02. The van der Waals surface area contributed by atoms with Gasteiger partial charge in [0.2, 0.25) is 5.88 Å². The quantitative estimate of drug-likeness (QED) is 0.917. The number of anilines is 1. The van der Waals surface area contributed by atoms with Crippen molar-refractivity contribution in [1.82, 2.24) is 5.16 Å². The molecule has 2 aliphatic rings. The Morgan fingerprint density at radius 2 is 2.10 bits per heavy atom. The zero-order chi connectivity index (χ0) is 14.4. The van der Waals surface area contributed by atoms with E-state index in [1.807, 2.05) is 0 Å². The van der Waals surface area contributed by atoms with Crippen LogP contribution in [0.2, 0.25) is 0 Å². The highest BCUT2D eigenvalue weighted by Gasteiger charge is 2.40. The van der Waals surface area contributed by atoms with Crippen LogP contribution < -0.4 is 5.73 Å². The molecule has 0 spiro atoms. The molecule has 0 radical (unpaired) electrons. The van der Waals surface area contributed by atoms with Crippen LogP contribution in [0.15, 0.2) is 28.8 Å². The number of aromatic nitrogens is 1. The van der Waals surface area contributed by atoms with Gasteiger partial charge >= 0.3 is 0 Å². The maximum absolute atomic E-state index is 6.06. The molecule has 2 fully saturated rings. The summed E-state index contributed by atoms with van der Waals surface area (Å²) >= 11 is 0. The van der Waals surface area contributed by atoms with E-state index in [0.29, 0.717) is 5.88 Å². The summed E-state index contributed by atoms with van der Waals surface area (Å²) in [6.07, 6.45) is 6.66. The number of rotatable bonds is 3. The molecule has 2 aliphatic carbocycles. The number of nitrogens with two attached hydrogens (primary N) is 1. The molecule has 3 unspecified atom stereocenters. The lowest BCUT2D eigenvalue weighted by molar-refractivity contribution is 0.322. The second-order valence-electron chi connectivity index (χ2n) is 6.82. The van der Waals surface area contributed by atoms with Crippen molar-refractivity contribution < 1.29 is 4.52 Å². The summed E-state index contributed by atoms with van der Waals surface area (Å²) in [4.78, 5) is 0. The molecule has 1 aromatic carbocycles. The molecular weight excluding hydrogens is 260 g/mol. The molecule has 1 heterocycles. The van der Waals surface area contributed by atoms with Crippen molar-refractivity contribution in [3.05, 3.63) is 35.5 Å². The van der Waals surface area contributed by atoms with E-state index in [2.05, 4.69) is 36.3 Å². The van der Waals surface area contributed by atoms with Crippen LogP contribution in [0, 0.1) is 24.7 Å². The zero-order valence-electron chi connectivity index (χ0n) is 12.5. The van der Waals surface area contributed by atoms with E-state index in [-0.39, 0.29) is 0 Å². The fourth-order valence-electron chi connectivity index (χ4n) is 4.49. The first-order valence-corrected chi connectivity index (χ1v) is 8.02. The molecule has 21 heavy (non-hydrogen) atoms. The van der Waals surface area contributed by atoms with Gasteiger partial charge in [0.15, 0.2) is 0 Å². The fraction of sp³-hybridized carbons (Fsp3) is 0.500. The Kier molecular flexibility index (Phi) is 3.02. The van der Waals surface area contributed by atoms with E-state index in [9.17, 15) is 0 Å². The maximum Gasteiger partial charge on any atom is 0.230 e. The van der Waals surface area contributed by atoms with Crippen LogP contribution in [0.5, 0.6) is 0 Å². The second-order valence-corrected chi connectivity index (χ2v) is 6.82. The number of hydrogen-bond acceptors (Lipinski definition) is 3. The van der Waals surface area contributed by atoms with E-state index in [1.54, 1.807) is 0 Å². The van der Waals surface area contributed by atoms with Crippen LogP contribution in [0.1, 0.15) is 36.9 Å². The first kappa shape index (κ1) is 12.9. The fourth-order valence-corrected chi connectivity index (χ4v) is 4.49. The van der Waals surface area contributed by atoms with Gasteiger partial charge in [0, 0.05) is 0 Å². The Morgan fingerprint density at radius 1 is 1.24 bits per heavy atom. The van der Waals surface area contributed by atoms with Gasteiger partial charge in [-0.05, 0) is 61.5 Å². The standard InChI is InChI=1S/C18H22N2O/c1-11-4-2-3-5-15(11)17-16(20-21-18(17)19)10-14-9-12-6-7-13(14)8-12/h2-5,12-14H,6-10,19H2,1H3. The van der Waals surface area contributed by atoms with Crippen molar-refractivity contribution >= 4 is 5.88 Å². The molecule has 0 amide bonds. The normalized spacial score (nSPS) is 27.4. The van der Waals surface area contributed by atoms with Gasteiger partial charge in [-0.3, -0.25) is 0 Å². The summed E-state index contributed by atoms with van der Waals surface area (Å²) < 4.78 is 5.32. The minimum absolute atomic E-state index is 0.461. The van der Waals surface area contributed by atoms with Gasteiger partial charge < -0.3 is 10.3 Å². The molecule has 3 heteroatoms. The van der Waals surface area contributed by atoms with E-state index in [4.69, 9.17) is 10.3 Å². The highest BCUT2D eigenvalue weighted by atomic mass is 16.5. The number of benzene rings is 1. The Hall–Kier alpha value is -1.77. The lowest BCUT2D eigenvalue weighted by Gasteiger charge is -2.20. The maximum atomic E-state index is 6.06. The minimum atomic E-state index is 0.461. The van der Waals surface area contributed by atoms with E-state index in [0.717, 1.165) is 41.0 Å². The van der Waals surface area contributed by atoms with E-state index in [1.165, 1.54) is 31.2 Å². The highest BCUT2D eigenvalue weighted by Crippen LogP contribution is 2.50. The van der Waals surface area contributed by atoms with Crippen LogP contribution in [0.3, 0.4) is 0 Å². The van der Waals surface area contributed by atoms with Gasteiger partial charge in [0.1, 0.15) is 0 Å². The van der Waals surface area contributed by atoms with Crippen LogP contribution >= 0.6 is 0 Å². The summed E-state index contributed by atoms with van der Waals surface area (Å²) in [7, 11) is 0. The van der Waals surface area contributed by atoms with Gasteiger partial charge in [0.05, 0.1) is 11.3 Å². The number of aryl methyl sites for hydroxylation is 1. The van der Waals surface area contributed by atoms with Gasteiger partial charge in [-0.2, -0.15) is 0 Å². The summed E-state index contributed by atoms with van der Waals surface area (Å²) in [6, 6.07) is 8.33. The lowest BCUT2D eigenvalue weighted by Crippen LogP contribution is -2.13. The molecule has 2 N–H and O–H groups in total. The Balaban J connectivity index is 1.66. The smallest absolute Gasteiger partial charge is 0.230 e. The molecule has 0 aliphatic heterocycles. The van der Waals surface area contributed by atoms with Gasteiger partial charge in [-0.25, -0.2) is 0 Å². The average Bonchev–Trinajstić information content (AvgIpc) is 3.17. The molecule has 4 rings (SSSR count). The zero-order valence-corrected chi connectivity index (χ0v) is 12.5. The van der Waals surface area contributed by atoms with Crippen molar-refractivity contribution in [2.75, 3.05) is 5.73 Å². The van der Waals surface area contributed by atoms with Crippen molar-refractivity contribution in [3.63, 3.8) is 0 Å². The molecule has 110 valence electrons. The SMILES string of the molecule is Cc1ccccc1-c1c(CC2CC3CCC2C3)noc1N. The highest BCUT2D eigenvalue weighted by molar-refractivity contribution is 5.77. The van der Waals surface area contributed by atoms with Gasteiger partial charge in [-0.1, -0.05) is 35.8 Å². The molecule has 2 saturated carbocycles. The van der Waals surface area contributed by atoms with Crippen molar-refractivity contribution in [1.29, 1.82) is 0 Å². The number of nitrogen functional groups attached to an aromatic ring is 1. The van der Waals surface area contributed by atoms with Crippen molar-refractivity contribution in [3.8, 4) is 11.1 Å². The van der Waals surface area contributed by atoms with E-state index >= 15 is 0 Å². The molecule has 3 nitrogen and oxygen atoms in total. The van der Waals surface area contributed by atoms with Crippen molar-refractivity contribution in [2.24, 2.45) is 17.8 Å². The summed E-state index contributed by atoms with van der Waals surface area (Å²) in [5, 5.41) is 4.28. The molecule has 2 aromatic rings. The summed E-state index contributed by atoms with van der Waals surface area (Å²) in [5.41, 5.74) is 10.5. The second kappa shape index (κ2) is 4.90. The molecule has 3 atom stereocenters. The average molecular weight is 282 g/mol. The molecular formula is C18H22N2O. The topological polar surface area (TPSA) is 52.0 Å². The van der Waals surface area contributed by atoms with Crippen LogP contribution in [-0.4, -0.2) is 5.16 Å². The Morgan fingerprint density at radius 3 is 2.81 bits per heavy atom. The van der Waals surface area contributed by atoms with Gasteiger partial charge in [-0.15, -0.1) is 0 Å². The third-order valence-electron chi connectivity index (χ3n) is 5.54. The van der Waals surface area contributed by atoms with Crippen LogP contribution in [0.25, 0.3) is 11.1 Å². The molecule has 1 aromatic heterocycles. The monoisotopic (exact) mass is 282 g/mol. The summed E-state index contributed by atoms with van der Waals surface area (Å²) in [6.45, 7) is 2.11. The number of hydrogen-bond donors (Lipinski definition) is 1. The number of nitrogens with zero attached hydrogens (tertiary/aromatic N) is 1. The largest absolute Gasteiger partial charge is 0.367 e. The Bertz CT molecular complexity index is 661. The predicted molar refractivity (Wildman–Crippen MR) is 83.7 cm³/mol. The lowest BCUT2D eigenvalue weighted by atomic mass is 9.84. The van der Waals surface area contributed by atoms with E-state index < -0.39 is 0 Å². The molecule has 0 saturated heterocycles.